The number of benzene rings is 1. The van der Waals surface area contributed by atoms with Crippen molar-refractivity contribution in [1.29, 1.82) is 0 Å². The van der Waals surface area contributed by atoms with Crippen LogP contribution in [0.2, 0.25) is 0 Å². The summed E-state index contributed by atoms with van der Waals surface area (Å²) in [5.74, 6) is -2.20. The van der Waals surface area contributed by atoms with Crippen LogP contribution in [0.3, 0.4) is 0 Å². The van der Waals surface area contributed by atoms with E-state index in [0.29, 0.717) is 13.1 Å². The van der Waals surface area contributed by atoms with Crippen LogP contribution in [-0.2, 0) is 16.0 Å². The number of halogens is 2. The summed E-state index contributed by atoms with van der Waals surface area (Å²) in [5, 5.41) is 3.31. The number of esters is 1. The first kappa shape index (κ1) is 18.8. The Morgan fingerprint density at radius 2 is 2.12 bits per heavy atom. The van der Waals surface area contributed by atoms with Crippen LogP contribution in [-0.4, -0.2) is 48.2 Å². The lowest BCUT2D eigenvalue weighted by Crippen LogP contribution is -2.56. The number of rotatable bonds is 4. The predicted molar refractivity (Wildman–Crippen MR) is 88.7 cm³/mol. The van der Waals surface area contributed by atoms with E-state index in [2.05, 4.69) is 5.32 Å². The summed E-state index contributed by atoms with van der Waals surface area (Å²) >= 11 is 0. The normalized spacial score (nSPS) is 20.7. The molecule has 1 aliphatic rings. The third-order valence-corrected chi connectivity index (χ3v) is 3.96. The van der Waals surface area contributed by atoms with Gasteiger partial charge in [-0.1, -0.05) is 12.1 Å². The third kappa shape index (κ3) is 4.98. The minimum absolute atomic E-state index is 0.0885. The van der Waals surface area contributed by atoms with Crippen molar-refractivity contribution >= 4 is 5.97 Å². The molecular weight excluding hydrogens is 314 g/mol. The summed E-state index contributed by atoms with van der Waals surface area (Å²) in [4.78, 5) is 14.7. The quantitative estimate of drug-likeness (QED) is 0.855. The van der Waals surface area contributed by atoms with E-state index in [1.165, 1.54) is 12.1 Å². The second-order valence-electron chi connectivity index (χ2n) is 7.32. The van der Waals surface area contributed by atoms with Crippen molar-refractivity contribution in [1.82, 2.24) is 10.2 Å². The van der Waals surface area contributed by atoms with Gasteiger partial charge in [0.2, 0.25) is 0 Å². The van der Waals surface area contributed by atoms with E-state index in [1.54, 1.807) is 20.8 Å². The highest BCUT2D eigenvalue weighted by molar-refractivity contribution is 5.76. The molecule has 0 radical (unpaired) electrons. The van der Waals surface area contributed by atoms with Crippen molar-refractivity contribution in [2.75, 3.05) is 19.6 Å². The summed E-state index contributed by atoms with van der Waals surface area (Å²) in [6, 6.07) is 3.64. The molecule has 1 saturated heterocycles. The maximum Gasteiger partial charge on any atom is 0.324 e. The molecule has 1 aromatic rings. The fourth-order valence-corrected chi connectivity index (χ4v) is 2.89. The predicted octanol–water partition coefficient (Wildman–Crippen LogP) is 2.51. The van der Waals surface area contributed by atoms with E-state index in [4.69, 9.17) is 4.74 Å². The smallest absolute Gasteiger partial charge is 0.324 e. The van der Waals surface area contributed by atoms with Gasteiger partial charge in [-0.05, 0) is 39.3 Å². The average Bonchev–Trinajstić information content (AvgIpc) is 2.47. The fraction of sp³-hybridized carbons (Fsp3) is 0.611. The number of piperazine rings is 1. The molecule has 134 valence electrons. The van der Waals surface area contributed by atoms with E-state index < -0.39 is 29.2 Å². The van der Waals surface area contributed by atoms with Crippen LogP contribution in [0.1, 0.15) is 33.3 Å². The van der Waals surface area contributed by atoms with E-state index in [0.717, 1.165) is 12.6 Å². The number of ether oxygens (including phenoxy) is 1. The number of nitrogens with one attached hydrogen (secondary N) is 1. The molecule has 0 amide bonds. The molecule has 2 rings (SSSR count). The van der Waals surface area contributed by atoms with Crippen molar-refractivity contribution < 1.29 is 18.3 Å². The van der Waals surface area contributed by atoms with Gasteiger partial charge in [-0.3, -0.25) is 9.69 Å². The van der Waals surface area contributed by atoms with E-state index in [-0.39, 0.29) is 18.0 Å². The summed E-state index contributed by atoms with van der Waals surface area (Å²) in [6.07, 6.45) is 0.0885. The van der Waals surface area contributed by atoms with Crippen LogP contribution in [0.25, 0.3) is 0 Å². The van der Waals surface area contributed by atoms with Gasteiger partial charge in [-0.25, -0.2) is 8.78 Å². The molecule has 1 heterocycles. The first-order valence-electron chi connectivity index (χ1n) is 8.30. The SMILES string of the molecule is C[C@H]1CN([C@@H](Cc2cccc(F)c2F)C(=O)OC(C)(C)C)CCN1. The standard InChI is InChI=1S/C18H26F2N2O2/c1-12-11-22(9-8-21-12)15(17(23)24-18(2,3)4)10-13-6-5-7-14(19)16(13)20/h5-7,12,15,21H,8-11H2,1-4H3/t12-,15-/m0/s1. The monoisotopic (exact) mass is 340 g/mol. The van der Waals surface area contributed by atoms with Crippen LogP contribution >= 0.6 is 0 Å². The van der Waals surface area contributed by atoms with Gasteiger partial charge in [-0.15, -0.1) is 0 Å². The summed E-state index contributed by atoms with van der Waals surface area (Å²) in [5.41, 5.74) is -0.438. The van der Waals surface area contributed by atoms with Crippen LogP contribution in [0.4, 0.5) is 8.78 Å². The lowest BCUT2D eigenvalue weighted by molar-refractivity contribution is -0.162. The Morgan fingerprint density at radius 1 is 1.42 bits per heavy atom. The number of hydrogen-bond acceptors (Lipinski definition) is 4. The average molecular weight is 340 g/mol. The van der Waals surface area contributed by atoms with Gasteiger partial charge in [0.25, 0.3) is 0 Å². The van der Waals surface area contributed by atoms with E-state index in [9.17, 15) is 13.6 Å². The van der Waals surface area contributed by atoms with E-state index in [1.807, 2.05) is 11.8 Å². The number of carbonyl (C=O) groups is 1. The Kier molecular flexibility index (Phi) is 5.93. The lowest BCUT2D eigenvalue weighted by atomic mass is 10.0. The highest BCUT2D eigenvalue weighted by atomic mass is 19.2. The number of carbonyl (C=O) groups excluding carboxylic acids is 1. The first-order valence-corrected chi connectivity index (χ1v) is 8.30. The highest BCUT2D eigenvalue weighted by Crippen LogP contribution is 2.20. The van der Waals surface area contributed by atoms with Gasteiger partial charge in [0.15, 0.2) is 11.6 Å². The molecule has 2 atom stereocenters. The zero-order valence-corrected chi connectivity index (χ0v) is 14.7. The van der Waals surface area contributed by atoms with Crippen LogP contribution in [0, 0.1) is 11.6 Å². The van der Waals surface area contributed by atoms with Crippen molar-refractivity contribution in [3.05, 3.63) is 35.4 Å². The van der Waals surface area contributed by atoms with Gasteiger partial charge in [0, 0.05) is 32.1 Å². The molecule has 0 aliphatic carbocycles. The largest absolute Gasteiger partial charge is 0.459 e. The highest BCUT2D eigenvalue weighted by Gasteiger charge is 2.33. The second kappa shape index (κ2) is 7.57. The first-order chi connectivity index (χ1) is 11.2. The molecule has 4 nitrogen and oxygen atoms in total. The second-order valence-corrected chi connectivity index (χ2v) is 7.32. The van der Waals surface area contributed by atoms with Gasteiger partial charge < -0.3 is 10.1 Å². The molecule has 0 unspecified atom stereocenters. The number of nitrogens with zero attached hydrogens (tertiary/aromatic N) is 1. The summed E-state index contributed by atoms with van der Waals surface area (Å²) < 4.78 is 33.1. The van der Waals surface area contributed by atoms with Crippen molar-refractivity contribution in [2.24, 2.45) is 0 Å². The van der Waals surface area contributed by atoms with Crippen molar-refractivity contribution in [3.8, 4) is 0 Å². The Hall–Kier alpha value is -1.53. The van der Waals surface area contributed by atoms with Crippen molar-refractivity contribution in [2.45, 2.75) is 51.8 Å². The molecule has 6 heteroatoms. The molecular formula is C18H26F2N2O2. The van der Waals surface area contributed by atoms with Gasteiger partial charge in [0.1, 0.15) is 11.6 Å². The molecule has 1 N–H and O–H groups in total. The molecule has 1 aliphatic heterocycles. The van der Waals surface area contributed by atoms with E-state index >= 15 is 0 Å². The molecule has 0 saturated carbocycles. The zero-order chi connectivity index (χ0) is 17.9. The maximum atomic E-state index is 14.0. The Morgan fingerprint density at radius 3 is 2.75 bits per heavy atom. The lowest BCUT2D eigenvalue weighted by Gasteiger charge is -2.37. The minimum Gasteiger partial charge on any atom is -0.459 e. The minimum atomic E-state index is -0.899. The zero-order valence-electron chi connectivity index (χ0n) is 14.7. The molecule has 24 heavy (non-hydrogen) atoms. The Bertz CT molecular complexity index is 587. The molecule has 0 aromatic heterocycles. The maximum absolute atomic E-state index is 14.0. The Balaban J connectivity index is 2.24. The van der Waals surface area contributed by atoms with Gasteiger partial charge >= 0.3 is 5.97 Å². The van der Waals surface area contributed by atoms with Crippen LogP contribution < -0.4 is 5.32 Å². The molecule has 0 bridgehead atoms. The molecule has 1 fully saturated rings. The Labute approximate surface area is 142 Å². The topological polar surface area (TPSA) is 41.6 Å². The number of hydrogen-bond donors (Lipinski definition) is 1. The van der Waals surface area contributed by atoms with Gasteiger partial charge in [-0.2, -0.15) is 0 Å². The van der Waals surface area contributed by atoms with Crippen LogP contribution in [0.5, 0.6) is 0 Å². The van der Waals surface area contributed by atoms with Gasteiger partial charge in [0.05, 0.1) is 0 Å². The molecule has 1 aromatic carbocycles. The van der Waals surface area contributed by atoms with Crippen LogP contribution in [0.15, 0.2) is 18.2 Å². The molecule has 0 spiro atoms. The fourth-order valence-electron chi connectivity index (χ4n) is 2.89. The summed E-state index contributed by atoms with van der Waals surface area (Å²) in [7, 11) is 0. The summed E-state index contributed by atoms with van der Waals surface area (Å²) in [6.45, 7) is 9.47. The van der Waals surface area contributed by atoms with Crippen molar-refractivity contribution in [3.63, 3.8) is 0 Å². The third-order valence-electron chi connectivity index (χ3n) is 3.96.